The maximum atomic E-state index is 13.0. The Bertz CT molecular complexity index is 1300. The molecule has 2 amide bonds. The number of benzene rings is 4. The van der Waals surface area contributed by atoms with Crippen molar-refractivity contribution in [2.45, 2.75) is 26.4 Å². The first-order valence-electron chi connectivity index (χ1n) is 11.9. The summed E-state index contributed by atoms with van der Waals surface area (Å²) in [6.45, 7) is 3.87. The summed E-state index contributed by atoms with van der Waals surface area (Å²) in [5.41, 5.74) is 4.44. The SMILES string of the molecule is CC[C@@H](Oc1ccc(C)cc1)C(=O)Nc1ccccc1C(=O)Nc1ccc(Nc2ccccc2)cc1. The molecule has 3 N–H and O–H groups in total. The number of nitrogens with one attached hydrogen (secondary N) is 3. The van der Waals surface area contributed by atoms with E-state index in [9.17, 15) is 9.59 Å². The lowest BCUT2D eigenvalue weighted by Crippen LogP contribution is -2.33. The summed E-state index contributed by atoms with van der Waals surface area (Å²) in [4.78, 5) is 26.0. The van der Waals surface area contributed by atoms with Crippen LogP contribution in [0.5, 0.6) is 5.75 Å². The van der Waals surface area contributed by atoms with Crippen molar-refractivity contribution in [2.75, 3.05) is 16.0 Å². The van der Waals surface area contributed by atoms with Gasteiger partial charge in [0.25, 0.3) is 11.8 Å². The molecule has 0 saturated carbocycles. The third-order valence-corrected chi connectivity index (χ3v) is 5.60. The van der Waals surface area contributed by atoms with Gasteiger partial charge in [0, 0.05) is 17.1 Å². The molecule has 6 heteroatoms. The van der Waals surface area contributed by atoms with Gasteiger partial charge in [-0.25, -0.2) is 0 Å². The van der Waals surface area contributed by atoms with Crippen LogP contribution in [0.15, 0.2) is 103 Å². The second-order valence-corrected chi connectivity index (χ2v) is 8.39. The minimum Gasteiger partial charge on any atom is -0.481 e. The van der Waals surface area contributed by atoms with E-state index in [1.54, 1.807) is 24.3 Å². The van der Waals surface area contributed by atoms with Crippen molar-refractivity contribution in [3.8, 4) is 5.75 Å². The van der Waals surface area contributed by atoms with Gasteiger partial charge in [-0.2, -0.15) is 0 Å². The zero-order valence-corrected chi connectivity index (χ0v) is 20.3. The van der Waals surface area contributed by atoms with Crippen LogP contribution in [-0.4, -0.2) is 17.9 Å². The van der Waals surface area contributed by atoms with E-state index in [4.69, 9.17) is 4.74 Å². The van der Waals surface area contributed by atoms with Gasteiger partial charge >= 0.3 is 0 Å². The van der Waals surface area contributed by atoms with E-state index in [2.05, 4.69) is 16.0 Å². The summed E-state index contributed by atoms with van der Waals surface area (Å²) < 4.78 is 5.88. The molecule has 36 heavy (non-hydrogen) atoms. The Morgan fingerprint density at radius 1 is 0.722 bits per heavy atom. The fourth-order valence-electron chi connectivity index (χ4n) is 3.63. The van der Waals surface area contributed by atoms with Gasteiger partial charge in [-0.1, -0.05) is 55.0 Å². The van der Waals surface area contributed by atoms with Gasteiger partial charge < -0.3 is 20.7 Å². The summed E-state index contributed by atoms with van der Waals surface area (Å²) in [6.07, 6.45) is -0.203. The Balaban J connectivity index is 1.41. The molecule has 0 aliphatic carbocycles. The second-order valence-electron chi connectivity index (χ2n) is 8.39. The van der Waals surface area contributed by atoms with Crippen LogP contribution in [0, 0.1) is 6.92 Å². The average Bonchev–Trinajstić information content (AvgIpc) is 2.90. The lowest BCUT2D eigenvalue weighted by molar-refractivity contribution is -0.122. The van der Waals surface area contributed by atoms with Gasteiger partial charge in [-0.3, -0.25) is 9.59 Å². The Hall–Kier alpha value is -4.58. The highest BCUT2D eigenvalue weighted by Gasteiger charge is 2.21. The zero-order valence-electron chi connectivity index (χ0n) is 20.3. The highest BCUT2D eigenvalue weighted by molar-refractivity contribution is 6.10. The van der Waals surface area contributed by atoms with Crippen LogP contribution >= 0.6 is 0 Å². The van der Waals surface area contributed by atoms with Gasteiger partial charge in [-0.05, 0) is 74.0 Å². The first-order chi connectivity index (χ1) is 17.5. The molecule has 0 aromatic heterocycles. The molecule has 4 rings (SSSR count). The molecule has 182 valence electrons. The van der Waals surface area contributed by atoms with Crippen LogP contribution in [-0.2, 0) is 4.79 Å². The van der Waals surface area contributed by atoms with Crippen molar-refractivity contribution in [3.63, 3.8) is 0 Å². The summed E-state index contributed by atoms with van der Waals surface area (Å²) in [6, 6.07) is 31.8. The lowest BCUT2D eigenvalue weighted by atomic mass is 10.1. The molecule has 0 radical (unpaired) electrons. The number of rotatable bonds is 9. The van der Waals surface area contributed by atoms with E-state index >= 15 is 0 Å². The van der Waals surface area contributed by atoms with Gasteiger partial charge in [0.2, 0.25) is 0 Å². The van der Waals surface area contributed by atoms with Crippen molar-refractivity contribution < 1.29 is 14.3 Å². The monoisotopic (exact) mass is 479 g/mol. The summed E-state index contributed by atoms with van der Waals surface area (Å²) in [5.74, 6) is -0.00402. The quantitative estimate of drug-likeness (QED) is 0.247. The topological polar surface area (TPSA) is 79.5 Å². The first kappa shape index (κ1) is 24.5. The molecule has 0 heterocycles. The van der Waals surface area contributed by atoms with Crippen molar-refractivity contribution in [1.29, 1.82) is 0 Å². The molecule has 0 fully saturated rings. The molecule has 1 atom stereocenters. The Morgan fingerprint density at radius 2 is 1.33 bits per heavy atom. The van der Waals surface area contributed by atoms with Crippen LogP contribution in [0.1, 0.15) is 29.3 Å². The third-order valence-electron chi connectivity index (χ3n) is 5.60. The molecule has 4 aromatic carbocycles. The van der Waals surface area contributed by atoms with Crippen molar-refractivity contribution in [1.82, 2.24) is 0 Å². The molecular weight excluding hydrogens is 450 g/mol. The number of hydrogen-bond acceptors (Lipinski definition) is 4. The van der Waals surface area contributed by atoms with Crippen molar-refractivity contribution in [3.05, 3.63) is 114 Å². The normalized spacial score (nSPS) is 11.3. The number of anilines is 4. The smallest absolute Gasteiger partial charge is 0.265 e. The van der Waals surface area contributed by atoms with Gasteiger partial charge in [-0.15, -0.1) is 0 Å². The number of carbonyl (C=O) groups is 2. The minimum absolute atomic E-state index is 0.310. The molecule has 0 bridgehead atoms. The van der Waals surface area contributed by atoms with E-state index < -0.39 is 6.10 Å². The van der Waals surface area contributed by atoms with E-state index in [0.717, 1.165) is 16.9 Å². The highest BCUT2D eigenvalue weighted by atomic mass is 16.5. The lowest BCUT2D eigenvalue weighted by Gasteiger charge is -2.18. The van der Waals surface area contributed by atoms with Crippen molar-refractivity contribution >= 4 is 34.6 Å². The van der Waals surface area contributed by atoms with Crippen LogP contribution in [0.25, 0.3) is 0 Å². The average molecular weight is 480 g/mol. The molecule has 0 aliphatic rings. The van der Waals surface area contributed by atoms with E-state index in [1.165, 1.54) is 0 Å². The maximum Gasteiger partial charge on any atom is 0.265 e. The number of aryl methyl sites for hydroxylation is 1. The van der Waals surface area contributed by atoms with Crippen LogP contribution in [0.2, 0.25) is 0 Å². The Kier molecular flexibility index (Phi) is 7.98. The van der Waals surface area contributed by atoms with E-state index in [-0.39, 0.29) is 11.8 Å². The third kappa shape index (κ3) is 6.51. The van der Waals surface area contributed by atoms with Gasteiger partial charge in [0.15, 0.2) is 6.10 Å². The molecule has 6 nitrogen and oxygen atoms in total. The molecule has 0 aliphatic heterocycles. The summed E-state index contributed by atoms with van der Waals surface area (Å²) in [7, 11) is 0. The number of amides is 2. The van der Waals surface area contributed by atoms with Gasteiger partial charge in [0.05, 0.1) is 11.3 Å². The number of ether oxygens (including phenoxy) is 1. The molecule has 0 spiro atoms. The number of carbonyl (C=O) groups excluding carboxylic acids is 2. The van der Waals surface area contributed by atoms with Gasteiger partial charge in [0.1, 0.15) is 5.75 Å². The predicted octanol–water partition coefficient (Wildman–Crippen LogP) is 6.79. The van der Waals surface area contributed by atoms with Crippen molar-refractivity contribution in [2.24, 2.45) is 0 Å². The van der Waals surface area contributed by atoms with Crippen LogP contribution in [0.3, 0.4) is 0 Å². The Labute approximate surface area is 211 Å². The maximum absolute atomic E-state index is 13.0. The van der Waals surface area contributed by atoms with Crippen LogP contribution in [0.4, 0.5) is 22.7 Å². The largest absolute Gasteiger partial charge is 0.481 e. The fraction of sp³-hybridized carbons (Fsp3) is 0.133. The Morgan fingerprint density at radius 3 is 2.03 bits per heavy atom. The summed E-state index contributed by atoms with van der Waals surface area (Å²) >= 11 is 0. The van der Waals surface area contributed by atoms with Crippen LogP contribution < -0.4 is 20.7 Å². The summed E-state index contributed by atoms with van der Waals surface area (Å²) in [5, 5.41) is 9.07. The molecule has 0 saturated heterocycles. The molecular formula is C30H29N3O3. The van der Waals surface area contributed by atoms with E-state index in [1.807, 2.05) is 92.7 Å². The highest BCUT2D eigenvalue weighted by Crippen LogP contribution is 2.22. The fourth-order valence-corrected chi connectivity index (χ4v) is 3.63. The molecule has 0 unspecified atom stereocenters. The zero-order chi connectivity index (χ0) is 25.3. The van der Waals surface area contributed by atoms with E-state index in [0.29, 0.717) is 29.1 Å². The first-order valence-corrected chi connectivity index (χ1v) is 11.9. The predicted molar refractivity (Wildman–Crippen MR) is 145 cm³/mol. The number of para-hydroxylation sites is 2. The second kappa shape index (κ2) is 11.7. The number of hydrogen-bond donors (Lipinski definition) is 3. The minimum atomic E-state index is -0.687. The molecule has 4 aromatic rings. The standard InChI is InChI=1S/C30H29N3O3/c1-3-28(36-25-19-13-21(2)14-20-25)30(35)33-27-12-8-7-11-26(27)29(34)32-24-17-15-23(16-18-24)31-22-9-5-4-6-10-22/h4-20,28,31H,3H2,1-2H3,(H,32,34)(H,33,35)/t28-/m1/s1.